The SMILES string of the molecule is CC(NC(=O)C1CCC(C(=O)O)C1)c1nn[nH]n1. The third-order valence-electron chi connectivity index (χ3n) is 3.26. The number of nitrogens with zero attached hydrogens (tertiary/aromatic N) is 3. The van der Waals surface area contributed by atoms with E-state index in [2.05, 4.69) is 25.9 Å². The van der Waals surface area contributed by atoms with E-state index in [1.54, 1.807) is 6.92 Å². The van der Waals surface area contributed by atoms with Gasteiger partial charge in [0.25, 0.3) is 0 Å². The molecule has 1 fully saturated rings. The number of rotatable bonds is 4. The lowest BCUT2D eigenvalue weighted by Gasteiger charge is -2.14. The van der Waals surface area contributed by atoms with Gasteiger partial charge in [-0.05, 0) is 26.2 Å². The van der Waals surface area contributed by atoms with Crippen LogP contribution < -0.4 is 5.32 Å². The van der Waals surface area contributed by atoms with Crippen molar-refractivity contribution >= 4 is 11.9 Å². The molecule has 3 N–H and O–H groups in total. The third-order valence-corrected chi connectivity index (χ3v) is 3.26. The van der Waals surface area contributed by atoms with Crippen LogP contribution in [0.4, 0.5) is 0 Å². The van der Waals surface area contributed by atoms with E-state index in [1.807, 2.05) is 0 Å². The molecule has 0 saturated heterocycles. The van der Waals surface area contributed by atoms with Crippen molar-refractivity contribution in [1.29, 1.82) is 0 Å². The van der Waals surface area contributed by atoms with E-state index in [-0.39, 0.29) is 17.9 Å². The highest BCUT2D eigenvalue weighted by Crippen LogP contribution is 2.31. The molecule has 1 aliphatic carbocycles. The van der Waals surface area contributed by atoms with Crippen LogP contribution in [0.25, 0.3) is 0 Å². The molecule has 8 nitrogen and oxygen atoms in total. The lowest BCUT2D eigenvalue weighted by molar-refractivity contribution is -0.141. The third kappa shape index (κ3) is 2.63. The molecule has 0 aliphatic heterocycles. The van der Waals surface area contributed by atoms with Crippen LogP contribution in [-0.4, -0.2) is 37.6 Å². The summed E-state index contributed by atoms with van der Waals surface area (Å²) in [6.07, 6.45) is 1.58. The van der Waals surface area contributed by atoms with Crippen LogP contribution in [0.2, 0.25) is 0 Å². The molecule has 0 spiro atoms. The summed E-state index contributed by atoms with van der Waals surface area (Å²) in [6.45, 7) is 1.76. The number of hydrogen-bond donors (Lipinski definition) is 3. The van der Waals surface area contributed by atoms with Crippen LogP contribution in [0.5, 0.6) is 0 Å². The minimum atomic E-state index is -0.823. The summed E-state index contributed by atoms with van der Waals surface area (Å²) < 4.78 is 0. The Labute approximate surface area is 103 Å². The van der Waals surface area contributed by atoms with Gasteiger partial charge in [-0.2, -0.15) is 5.21 Å². The first-order valence-electron chi connectivity index (χ1n) is 5.84. The summed E-state index contributed by atoms with van der Waals surface area (Å²) in [7, 11) is 0. The molecule has 0 aromatic carbocycles. The average Bonchev–Trinajstić information content (AvgIpc) is 3.00. The van der Waals surface area contributed by atoms with Gasteiger partial charge < -0.3 is 10.4 Å². The van der Waals surface area contributed by atoms with Crippen molar-refractivity contribution in [3.05, 3.63) is 5.82 Å². The number of carbonyl (C=O) groups is 2. The van der Waals surface area contributed by atoms with E-state index in [1.165, 1.54) is 0 Å². The number of aromatic amines is 1. The number of carboxylic acids is 1. The van der Waals surface area contributed by atoms with Gasteiger partial charge in [0, 0.05) is 5.92 Å². The van der Waals surface area contributed by atoms with E-state index in [0.29, 0.717) is 25.1 Å². The summed E-state index contributed by atoms with van der Waals surface area (Å²) >= 11 is 0. The van der Waals surface area contributed by atoms with Crippen LogP contribution in [-0.2, 0) is 9.59 Å². The Morgan fingerprint density at radius 2 is 2.17 bits per heavy atom. The molecule has 3 unspecified atom stereocenters. The molecular formula is C10H15N5O3. The fourth-order valence-electron chi connectivity index (χ4n) is 2.19. The molecule has 1 amide bonds. The number of carboxylic acid groups (broad SMARTS) is 1. The topological polar surface area (TPSA) is 121 Å². The lowest BCUT2D eigenvalue weighted by atomic mass is 10.0. The highest BCUT2D eigenvalue weighted by molar-refractivity contribution is 5.81. The summed E-state index contributed by atoms with van der Waals surface area (Å²) in [6, 6.07) is -0.333. The Morgan fingerprint density at radius 3 is 2.72 bits per heavy atom. The van der Waals surface area contributed by atoms with Crippen molar-refractivity contribution in [3.8, 4) is 0 Å². The van der Waals surface area contributed by atoms with Gasteiger partial charge in [-0.25, -0.2) is 0 Å². The van der Waals surface area contributed by atoms with Crippen molar-refractivity contribution in [2.45, 2.75) is 32.2 Å². The van der Waals surface area contributed by atoms with Gasteiger partial charge in [0.2, 0.25) is 5.91 Å². The van der Waals surface area contributed by atoms with Gasteiger partial charge >= 0.3 is 5.97 Å². The van der Waals surface area contributed by atoms with Gasteiger partial charge in [0.15, 0.2) is 5.82 Å². The number of hydrogen-bond acceptors (Lipinski definition) is 5. The first kappa shape index (κ1) is 12.5. The summed E-state index contributed by atoms with van der Waals surface area (Å²) in [5, 5.41) is 24.9. The zero-order chi connectivity index (χ0) is 13.1. The molecular weight excluding hydrogens is 238 g/mol. The number of aliphatic carboxylic acids is 1. The second-order valence-corrected chi connectivity index (χ2v) is 4.55. The largest absolute Gasteiger partial charge is 0.481 e. The maximum absolute atomic E-state index is 11.9. The van der Waals surface area contributed by atoms with Gasteiger partial charge in [0.1, 0.15) is 0 Å². The Hall–Kier alpha value is -1.99. The van der Waals surface area contributed by atoms with Gasteiger partial charge in [-0.15, -0.1) is 10.2 Å². The highest BCUT2D eigenvalue weighted by atomic mass is 16.4. The average molecular weight is 253 g/mol. The number of amides is 1. The first-order valence-corrected chi connectivity index (χ1v) is 5.84. The maximum Gasteiger partial charge on any atom is 0.306 e. The van der Waals surface area contributed by atoms with E-state index in [0.717, 1.165) is 0 Å². The highest BCUT2D eigenvalue weighted by Gasteiger charge is 2.34. The predicted octanol–water partition coefficient (Wildman–Crippen LogP) is -0.122. The molecule has 98 valence electrons. The Kier molecular flexibility index (Phi) is 3.54. The van der Waals surface area contributed by atoms with Crippen molar-refractivity contribution in [2.75, 3.05) is 0 Å². The van der Waals surface area contributed by atoms with Gasteiger partial charge in [-0.3, -0.25) is 9.59 Å². The molecule has 1 aromatic heterocycles. The minimum absolute atomic E-state index is 0.143. The van der Waals surface area contributed by atoms with Crippen LogP contribution in [0.1, 0.15) is 38.1 Å². The molecule has 1 aromatic rings. The summed E-state index contributed by atoms with van der Waals surface area (Å²) in [4.78, 5) is 22.7. The number of nitrogens with one attached hydrogen (secondary N) is 2. The fourth-order valence-corrected chi connectivity index (χ4v) is 2.19. The molecule has 0 radical (unpaired) electrons. The van der Waals surface area contributed by atoms with Crippen molar-refractivity contribution in [1.82, 2.24) is 25.9 Å². The zero-order valence-electron chi connectivity index (χ0n) is 9.96. The number of aromatic nitrogens is 4. The molecule has 18 heavy (non-hydrogen) atoms. The van der Waals surface area contributed by atoms with Crippen LogP contribution in [0, 0.1) is 11.8 Å². The number of carbonyl (C=O) groups excluding carboxylic acids is 1. The quantitative estimate of drug-likeness (QED) is 0.687. The number of H-pyrrole nitrogens is 1. The smallest absolute Gasteiger partial charge is 0.306 e. The zero-order valence-corrected chi connectivity index (χ0v) is 9.96. The molecule has 1 heterocycles. The summed E-state index contributed by atoms with van der Waals surface area (Å²) in [5.74, 6) is -1.19. The second kappa shape index (κ2) is 5.11. The molecule has 1 aliphatic rings. The Bertz CT molecular complexity index is 433. The van der Waals surface area contributed by atoms with E-state index in [4.69, 9.17) is 5.11 Å². The maximum atomic E-state index is 11.9. The van der Waals surface area contributed by atoms with E-state index >= 15 is 0 Å². The van der Waals surface area contributed by atoms with E-state index in [9.17, 15) is 9.59 Å². The Morgan fingerprint density at radius 1 is 1.44 bits per heavy atom. The predicted molar refractivity (Wildman–Crippen MR) is 59.2 cm³/mol. The van der Waals surface area contributed by atoms with Crippen molar-refractivity contribution in [2.24, 2.45) is 11.8 Å². The molecule has 0 bridgehead atoms. The Balaban J connectivity index is 1.87. The first-order chi connectivity index (χ1) is 8.58. The molecule has 1 saturated carbocycles. The van der Waals surface area contributed by atoms with E-state index < -0.39 is 11.9 Å². The second-order valence-electron chi connectivity index (χ2n) is 4.55. The van der Waals surface area contributed by atoms with Crippen molar-refractivity contribution in [3.63, 3.8) is 0 Å². The molecule has 3 atom stereocenters. The normalized spacial score (nSPS) is 24.7. The lowest BCUT2D eigenvalue weighted by Crippen LogP contribution is -2.32. The number of tetrazole rings is 1. The summed E-state index contributed by atoms with van der Waals surface area (Å²) in [5.41, 5.74) is 0. The van der Waals surface area contributed by atoms with Crippen LogP contribution >= 0.6 is 0 Å². The molecule has 8 heteroatoms. The van der Waals surface area contributed by atoms with Crippen molar-refractivity contribution < 1.29 is 14.7 Å². The van der Waals surface area contributed by atoms with Gasteiger partial charge in [-0.1, -0.05) is 5.21 Å². The molecule has 2 rings (SSSR count). The monoisotopic (exact) mass is 253 g/mol. The van der Waals surface area contributed by atoms with Crippen LogP contribution in [0.3, 0.4) is 0 Å². The fraction of sp³-hybridized carbons (Fsp3) is 0.700. The van der Waals surface area contributed by atoms with Gasteiger partial charge in [0.05, 0.1) is 12.0 Å². The van der Waals surface area contributed by atoms with Crippen LogP contribution in [0.15, 0.2) is 0 Å². The minimum Gasteiger partial charge on any atom is -0.481 e. The standard InChI is InChI=1S/C10H15N5O3/c1-5(8-12-14-15-13-8)11-9(16)6-2-3-7(4-6)10(17)18/h5-7H,2-4H2,1H3,(H,11,16)(H,17,18)(H,12,13,14,15).